The van der Waals surface area contributed by atoms with Crippen LogP contribution in [0.2, 0.25) is 0 Å². The molecule has 2 aliphatic heterocycles. The molecule has 10 amide bonds. The summed E-state index contributed by atoms with van der Waals surface area (Å²) in [5.41, 5.74) is 11.0. The summed E-state index contributed by atoms with van der Waals surface area (Å²) in [6, 6.07) is 20.7. The number of urea groups is 2. The Morgan fingerprint density at radius 1 is 0.798 bits per heavy atom. The van der Waals surface area contributed by atoms with Gasteiger partial charge >= 0.3 is 24.1 Å². The minimum absolute atomic E-state index is 0.00126. The molecule has 524 valence electrons. The summed E-state index contributed by atoms with van der Waals surface area (Å²) in [4.78, 5) is 132. The molecule has 0 saturated heterocycles. The molecule has 4 saturated carbocycles. The molecule has 99 heavy (non-hydrogen) atoms. The molecule has 4 bridgehead atoms. The van der Waals surface area contributed by atoms with E-state index in [2.05, 4.69) is 50.3 Å². The first kappa shape index (κ1) is 70.6. The van der Waals surface area contributed by atoms with E-state index in [-0.39, 0.29) is 90.7 Å². The lowest BCUT2D eigenvalue weighted by Crippen LogP contribution is -2.64. The Kier molecular flexibility index (Phi) is 20.9. The Morgan fingerprint density at radius 2 is 1.54 bits per heavy atom. The number of carbonyl (C=O) groups is 9. The maximum Gasteiger partial charge on any atom is 0.409 e. The predicted molar refractivity (Wildman–Crippen MR) is 375 cm³/mol. The summed E-state index contributed by atoms with van der Waals surface area (Å²) in [5.74, 6) is -3.71. The van der Waals surface area contributed by atoms with Gasteiger partial charge in [-0.05, 0) is 147 Å². The van der Waals surface area contributed by atoms with E-state index in [0.717, 1.165) is 65.0 Å². The second kappa shape index (κ2) is 29.4. The molecule has 6 aliphatic rings. The van der Waals surface area contributed by atoms with Gasteiger partial charge in [0.05, 0.1) is 45.7 Å². The molecule has 26 nitrogen and oxygen atoms in total. The van der Waals surface area contributed by atoms with Gasteiger partial charge in [-0.25, -0.2) is 29.1 Å². The number of carbonyl (C=O) groups excluding carboxylic acids is 8. The lowest BCUT2D eigenvalue weighted by atomic mass is 9.39. The van der Waals surface area contributed by atoms with Crippen LogP contribution in [0.3, 0.4) is 0 Å². The van der Waals surface area contributed by atoms with Gasteiger partial charge in [0.25, 0.3) is 11.8 Å². The fraction of sp³-hybridized carbons (Fsp3) is 0.472. The van der Waals surface area contributed by atoms with Gasteiger partial charge in [0.2, 0.25) is 17.7 Å². The zero-order chi connectivity index (χ0) is 70.6. The minimum Gasteiger partial charge on any atom is -0.476 e. The summed E-state index contributed by atoms with van der Waals surface area (Å²) >= 11 is 1.40. The normalized spacial score (nSPS) is 21.2. The molecular formula is C72H88N14O12S. The Hall–Kier alpha value is -9.76. The lowest BCUT2D eigenvalue weighted by molar-refractivity contribution is -0.248. The van der Waals surface area contributed by atoms with Gasteiger partial charge < -0.3 is 51.4 Å². The molecular weight excluding hydrogens is 1280 g/mol. The Labute approximate surface area is 578 Å². The van der Waals surface area contributed by atoms with Crippen LogP contribution < -0.4 is 42.1 Å². The van der Waals surface area contributed by atoms with Gasteiger partial charge in [-0.3, -0.25) is 43.8 Å². The van der Waals surface area contributed by atoms with Crippen molar-refractivity contribution < 1.29 is 57.7 Å². The zero-order valence-electron chi connectivity index (χ0n) is 57.1. The molecule has 12 rings (SSSR count). The summed E-state index contributed by atoms with van der Waals surface area (Å²) in [5, 5.41) is 30.1. The number of rotatable bonds is 28. The zero-order valence-corrected chi connectivity index (χ0v) is 57.9. The maximum atomic E-state index is 13.9. The van der Waals surface area contributed by atoms with Crippen molar-refractivity contribution in [1.82, 2.24) is 45.5 Å². The van der Waals surface area contributed by atoms with Crippen molar-refractivity contribution in [2.45, 2.75) is 143 Å². The molecule has 2 unspecified atom stereocenters. The molecule has 0 spiro atoms. The number of carboxylic acids is 1. The number of likely N-dealkylation sites (N-methyl/N-ethyl adjacent to an activating group) is 2. The van der Waals surface area contributed by atoms with Crippen LogP contribution in [0, 0.1) is 29.1 Å². The van der Waals surface area contributed by atoms with Crippen LogP contribution in [-0.2, 0) is 46.6 Å². The van der Waals surface area contributed by atoms with Crippen LogP contribution in [0.15, 0.2) is 97.2 Å². The molecule has 4 atom stereocenters. The number of aromatic carboxylic acids is 1. The number of hydrogen-bond donors (Lipinski definition) is 7. The number of aromatic nitrogens is 4. The third kappa shape index (κ3) is 16.4. The Balaban J connectivity index is 0.673. The SMILES string of the molecule is Cc1c(-c2ccc(-c3ccc4c(c3)N(C(=O)Nc3nc5ccccc5s3)CCN4C)nc2C(=O)O)cnn1CC12CC3(C)CC(C)(C1)CC(OCCN(C)C(=O)OCc1ccc(NC(=O)[C@H](CCCNC(N)=O)NC(=O)[C@@H](NC(=O)CCCCCN4C(=O)C=CC4=O)C(C)C)cc1)(C3)C2. The van der Waals surface area contributed by atoms with Crippen molar-refractivity contribution in [3.63, 3.8) is 0 Å². The van der Waals surface area contributed by atoms with Crippen molar-refractivity contribution >= 4 is 97.4 Å². The second-order valence-corrected chi connectivity index (χ2v) is 29.6. The molecule has 4 aliphatic carbocycles. The van der Waals surface area contributed by atoms with Crippen LogP contribution in [0.5, 0.6) is 0 Å². The highest BCUT2D eigenvalue weighted by atomic mass is 32.1. The topological polar surface area (TPSA) is 335 Å². The number of thiazole rings is 1. The highest BCUT2D eigenvalue weighted by Crippen LogP contribution is 2.72. The number of imide groups is 1. The Morgan fingerprint density at radius 3 is 2.24 bits per heavy atom. The quantitative estimate of drug-likeness (QED) is 0.0177. The van der Waals surface area contributed by atoms with Crippen molar-refractivity contribution in [2.24, 2.45) is 27.9 Å². The van der Waals surface area contributed by atoms with Crippen LogP contribution in [0.1, 0.15) is 126 Å². The van der Waals surface area contributed by atoms with E-state index >= 15 is 0 Å². The van der Waals surface area contributed by atoms with Gasteiger partial charge in [-0.1, -0.05) is 75.8 Å². The van der Waals surface area contributed by atoms with Crippen molar-refractivity contribution in [2.75, 3.05) is 73.9 Å². The highest BCUT2D eigenvalue weighted by Gasteiger charge is 2.66. The van der Waals surface area contributed by atoms with E-state index in [0.29, 0.717) is 96.4 Å². The molecule has 5 heterocycles. The molecule has 3 aromatic heterocycles. The van der Waals surface area contributed by atoms with Gasteiger partial charge in [0.1, 0.15) is 18.7 Å². The first-order valence-electron chi connectivity index (χ1n) is 33.8. The molecule has 0 radical (unpaired) electrons. The van der Waals surface area contributed by atoms with Crippen molar-refractivity contribution in [3.8, 4) is 22.4 Å². The summed E-state index contributed by atoms with van der Waals surface area (Å²) < 4.78 is 15.7. The number of carboxylic acid groups (broad SMARTS) is 1. The van der Waals surface area contributed by atoms with Crippen LogP contribution in [0.4, 0.5) is 36.6 Å². The van der Waals surface area contributed by atoms with E-state index in [1.54, 1.807) is 62.3 Å². The first-order chi connectivity index (χ1) is 47.2. The van der Waals surface area contributed by atoms with Gasteiger partial charge in [0, 0.05) is 100 Å². The second-order valence-electron chi connectivity index (χ2n) is 28.5. The third-order valence-corrected chi connectivity index (χ3v) is 20.7. The first-order valence-corrected chi connectivity index (χ1v) is 34.7. The number of hydrogen-bond acceptors (Lipinski definition) is 16. The summed E-state index contributed by atoms with van der Waals surface area (Å²) in [6.45, 7) is 12.8. The van der Waals surface area contributed by atoms with E-state index in [1.165, 1.54) is 28.4 Å². The van der Waals surface area contributed by atoms with E-state index in [9.17, 15) is 48.3 Å². The fourth-order valence-electron chi connectivity index (χ4n) is 16.2. The van der Waals surface area contributed by atoms with E-state index < -0.39 is 47.6 Å². The predicted octanol–water partition coefficient (Wildman–Crippen LogP) is 9.62. The number of fused-ring (bicyclic) bond motifs is 2. The van der Waals surface area contributed by atoms with Gasteiger partial charge in [0.15, 0.2) is 10.8 Å². The number of pyridine rings is 1. The van der Waals surface area contributed by atoms with Crippen LogP contribution in [0.25, 0.3) is 32.6 Å². The fourth-order valence-corrected chi connectivity index (χ4v) is 17.1. The molecule has 6 aromatic rings. The average Bonchev–Trinajstić information content (AvgIpc) is 1.16. The molecule has 8 N–H and O–H groups in total. The molecule has 3 aromatic carbocycles. The number of amides is 10. The average molecular weight is 1370 g/mol. The number of nitrogens with zero attached hydrogens (tertiary/aromatic N) is 8. The third-order valence-electron chi connectivity index (χ3n) is 19.8. The largest absolute Gasteiger partial charge is 0.476 e. The molecule has 4 fully saturated rings. The van der Waals surface area contributed by atoms with Crippen molar-refractivity contribution in [3.05, 3.63) is 114 Å². The number of anilines is 4. The van der Waals surface area contributed by atoms with E-state index in [4.69, 9.17) is 25.3 Å². The van der Waals surface area contributed by atoms with Gasteiger partial charge in [-0.15, -0.1) is 0 Å². The smallest absolute Gasteiger partial charge is 0.409 e. The summed E-state index contributed by atoms with van der Waals surface area (Å²) in [7, 11) is 3.64. The van der Waals surface area contributed by atoms with Crippen molar-refractivity contribution in [1.29, 1.82) is 0 Å². The maximum absolute atomic E-state index is 13.9. The number of nitrogens with one attached hydrogen (secondary N) is 5. The van der Waals surface area contributed by atoms with E-state index in [1.807, 2.05) is 67.2 Å². The minimum atomic E-state index is -1.18. The number of unbranched alkanes of at least 4 members (excludes halogenated alkanes) is 2. The van der Waals surface area contributed by atoms with Crippen LogP contribution >= 0.6 is 11.3 Å². The summed E-state index contributed by atoms with van der Waals surface area (Å²) in [6.07, 6.45) is 11.4. The number of nitrogens with two attached hydrogens (primary N) is 1. The number of benzene rings is 3. The highest BCUT2D eigenvalue weighted by molar-refractivity contribution is 7.22. The Bertz CT molecular complexity index is 4060. The number of ether oxygens (including phenoxy) is 2. The van der Waals surface area contributed by atoms with Gasteiger partial charge in [-0.2, -0.15) is 5.10 Å². The monoisotopic (exact) mass is 1370 g/mol. The number of para-hydroxylation sites is 1. The lowest BCUT2D eigenvalue weighted by Gasteiger charge is -2.69. The van der Waals surface area contributed by atoms with Crippen LogP contribution in [-0.4, -0.2) is 159 Å². The standard InChI is InChI=1S/C72H88N14O12S/c1-44(2)60(80-57(87)17-9-8-12-29-85-58(88)26-27-59(85)89)63(91)78-53(15-13-28-74-65(73)94)62(90)76-48-21-18-46(19-22-48)36-97-68(96)83(7)32-33-98-72-40-69(4)37-70(5,41-72)39-71(38-69,42-72)43-86-45(3)50(35-75-86)49-23-24-51(77-61(49)64(92)93)47-20-25-54-55(34-47)84(31-30-82(54)6)67(95)81-66-79-52-14-10-11-16-56(52)99-66/h10-11,14,16,18-27,34-35,44,53,60H,8-9,12-13,15,17,28-33,36-43H2,1-7H3,(H,76,90)(H,78,91)(H,80,87)(H,92,93)(H3,73,74,94)(H,79,81,95)/t53-,60-,69?,70?,71?,72?/m0/s1. The molecule has 27 heteroatoms. The number of primary amides is 1.